The summed E-state index contributed by atoms with van der Waals surface area (Å²) in [5, 5.41) is 4.12. The van der Waals surface area contributed by atoms with Gasteiger partial charge in [0.2, 0.25) is 5.91 Å². The van der Waals surface area contributed by atoms with Crippen molar-refractivity contribution in [3.63, 3.8) is 0 Å². The zero-order valence-corrected chi connectivity index (χ0v) is 16.8. The van der Waals surface area contributed by atoms with Crippen LogP contribution in [0.2, 0.25) is 5.02 Å². The molecule has 27 heavy (non-hydrogen) atoms. The predicted molar refractivity (Wildman–Crippen MR) is 111 cm³/mol. The number of carbonyl (C=O) groups excluding carboxylic acids is 1. The van der Waals surface area contributed by atoms with Crippen molar-refractivity contribution in [2.24, 2.45) is 0 Å². The van der Waals surface area contributed by atoms with E-state index in [0.29, 0.717) is 0 Å². The molecule has 1 fully saturated rings. The van der Waals surface area contributed by atoms with Crippen LogP contribution in [0, 0.1) is 0 Å². The largest absolute Gasteiger partial charge is 0.339 e. The molecule has 0 spiro atoms. The molecule has 144 valence electrons. The number of rotatable bonds is 6. The van der Waals surface area contributed by atoms with Gasteiger partial charge < -0.3 is 4.90 Å². The van der Waals surface area contributed by atoms with Crippen LogP contribution in [0.4, 0.5) is 0 Å². The highest BCUT2D eigenvalue weighted by atomic mass is 35.5. The SMILES string of the molecule is C[C@H](N[C@H](C)C(=O)N1CCN(Cc2ccccc2)CC1)c1ccccc1Cl. The Hall–Kier alpha value is -1.88. The van der Waals surface area contributed by atoms with Crippen LogP contribution >= 0.6 is 11.6 Å². The summed E-state index contributed by atoms with van der Waals surface area (Å²) in [6.07, 6.45) is 0. The zero-order chi connectivity index (χ0) is 19.2. The molecule has 2 atom stereocenters. The smallest absolute Gasteiger partial charge is 0.239 e. The fraction of sp³-hybridized carbons (Fsp3) is 0.409. The lowest BCUT2D eigenvalue weighted by molar-refractivity contribution is -0.135. The molecule has 0 radical (unpaired) electrons. The van der Waals surface area contributed by atoms with Gasteiger partial charge in [0.15, 0.2) is 0 Å². The van der Waals surface area contributed by atoms with E-state index in [0.717, 1.165) is 43.3 Å². The van der Waals surface area contributed by atoms with Crippen LogP contribution in [0.3, 0.4) is 0 Å². The average Bonchev–Trinajstić information content (AvgIpc) is 2.69. The number of amides is 1. The molecule has 2 aromatic carbocycles. The molecule has 0 unspecified atom stereocenters. The number of halogens is 1. The monoisotopic (exact) mass is 385 g/mol. The van der Waals surface area contributed by atoms with E-state index < -0.39 is 0 Å². The van der Waals surface area contributed by atoms with Gasteiger partial charge in [0.25, 0.3) is 0 Å². The van der Waals surface area contributed by atoms with Crippen LogP contribution in [-0.4, -0.2) is 47.9 Å². The molecule has 0 aromatic heterocycles. The first kappa shape index (κ1) is 19.9. The van der Waals surface area contributed by atoms with Crippen molar-refractivity contribution in [2.75, 3.05) is 26.2 Å². The summed E-state index contributed by atoms with van der Waals surface area (Å²) in [5.41, 5.74) is 2.34. The Morgan fingerprint density at radius 3 is 2.30 bits per heavy atom. The number of hydrogen-bond donors (Lipinski definition) is 1. The summed E-state index contributed by atoms with van der Waals surface area (Å²) in [6, 6.07) is 18.0. The normalized spacial score (nSPS) is 17.5. The molecular weight excluding hydrogens is 358 g/mol. The van der Waals surface area contributed by atoms with E-state index in [-0.39, 0.29) is 18.0 Å². The van der Waals surface area contributed by atoms with E-state index in [1.807, 2.05) is 49.1 Å². The summed E-state index contributed by atoms with van der Waals surface area (Å²) in [5.74, 6) is 0.160. The number of nitrogens with zero attached hydrogens (tertiary/aromatic N) is 2. The molecule has 1 amide bonds. The van der Waals surface area contributed by atoms with E-state index >= 15 is 0 Å². The predicted octanol–water partition coefficient (Wildman–Crippen LogP) is 3.72. The minimum absolute atomic E-state index is 0.0250. The highest BCUT2D eigenvalue weighted by Crippen LogP contribution is 2.22. The van der Waals surface area contributed by atoms with Crippen LogP contribution in [0.15, 0.2) is 54.6 Å². The first-order valence-electron chi connectivity index (χ1n) is 9.60. The van der Waals surface area contributed by atoms with Gasteiger partial charge in [-0.25, -0.2) is 0 Å². The third-order valence-electron chi connectivity index (χ3n) is 5.18. The van der Waals surface area contributed by atoms with E-state index in [2.05, 4.69) is 34.5 Å². The highest BCUT2D eigenvalue weighted by Gasteiger charge is 2.26. The molecule has 0 aliphatic carbocycles. The summed E-state index contributed by atoms with van der Waals surface area (Å²) in [6.45, 7) is 8.30. The Balaban J connectivity index is 1.49. The lowest BCUT2D eigenvalue weighted by atomic mass is 10.1. The Morgan fingerprint density at radius 1 is 1.00 bits per heavy atom. The van der Waals surface area contributed by atoms with E-state index in [1.165, 1.54) is 5.56 Å². The van der Waals surface area contributed by atoms with E-state index in [9.17, 15) is 4.79 Å². The summed E-state index contributed by atoms with van der Waals surface area (Å²) >= 11 is 6.27. The average molecular weight is 386 g/mol. The summed E-state index contributed by atoms with van der Waals surface area (Å²) in [7, 11) is 0. The van der Waals surface area contributed by atoms with Crippen LogP contribution in [0.1, 0.15) is 31.0 Å². The van der Waals surface area contributed by atoms with Crippen molar-refractivity contribution in [1.29, 1.82) is 0 Å². The van der Waals surface area contributed by atoms with Crippen molar-refractivity contribution < 1.29 is 4.79 Å². The van der Waals surface area contributed by atoms with Gasteiger partial charge in [0, 0.05) is 43.8 Å². The molecule has 0 saturated carbocycles. The molecular formula is C22H28ClN3O. The Bertz CT molecular complexity index is 744. The lowest BCUT2D eigenvalue weighted by Crippen LogP contribution is -2.53. The van der Waals surface area contributed by atoms with Gasteiger partial charge in [0.1, 0.15) is 0 Å². The van der Waals surface area contributed by atoms with Gasteiger partial charge in [-0.15, -0.1) is 0 Å². The lowest BCUT2D eigenvalue weighted by Gasteiger charge is -2.36. The van der Waals surface area contributed by atoms with Crippen LogP contribution in [0.25, 0.3) is 0 Å². The van der Waals surface area contributed by atoms with Gasteiger partial charge in [-0.1, -0.05) is 60.1 Å². The maximum absolute atomic E-state index is 12.8. The summed E-state index contributed by atoms with van der Waals surface area (Å²) < 4.78 is 0. The second-order valence-corrected chi connectivity index (χ2v) is 7.63. The molecule has 1 N–H and O–H groups in total. The minimum atomic E-state index is -0.239. The zero-order valence-electron chi connectivity index (χ0n) is 16.1. The number of carbonyl (C=O) groups is 1. The molecule has 5 heteroatoms. The molecule has 1 saturated heterocycles. The second-order valence-electron chi connectivity index (χ2n) is 7.22. The quantitative estimate of drug-likeness (QED) is 0.823. The number of piperazine rings is 1. The third kappa shape index (κ3) is 5.32. The van der Waals surface area contributed by atoms with E-state index in [1.54, 1.807) is 0 Å². The summed E-state index contributed by atoms with van der Waals surface area (Å²) in [4.78, 5) is 17.2. The number of benzene rings is 2. The fourth-order valence-electron chi connectivity index (χ4n) is 3.60. The highest BCUT2D eigenvalue weighted by molar-refractivity contribution is 6.31. The second kappa shape index (κ2) is 9.36. The van der Waals surface area contributed by atoms with Gasteiger partial charge in [-0.05, 0) is 31.0 Å². The van der Waals surface area contributed by atoms with Crippen molar-refractivity contribution >= 4 is 17.5 Å². The van der Waals surface area contributed by atoms with E-state index in [4.69, 9.17) is 11.6 Å². The Labute approximate surface area is 167 Å². The minimum Gasteiger partial charge on any atom is -0.339 e. The van der Waals surface area contributed by atoms with Crippen molar-refractivity contribution in [3.05, 3.63) is 70.7 Å². The maximum atomic E-state index is 12.8. The van der Waals surface area contributed by atoms with Gasteiger partial charge in [0.05, 0.1) is 6.04 Å². The molecule has 3 rings (SSSR count). The van der Waals surface area contributed by atoms with Gasteiger partial charge in [-0.2, -0.15) is 0 Å². The molecule has 1 heterocycles. The molecule has 1 aliphatic rings. The van der Waals surface area contributed by atoms with Gasteiger partial charge >= 0.3 is 0 Å². The Kier molecular flexibility index (Phi) is 6.89. The number of hydrogen-bond acceptors (Lipinski definition) is 3. The fourth-order valence-corrected chi connectivity index (χ4v) is 3.90. The molecule has 0 bridgehead atoms. The Morgan fingerprint density at radius 2 is 1.63 bits per heavy atom. The molecule has 4 nitrogen and oxygen atoms in total. The maximum Gasteiger partial charge on any atom is 0.239 e. The molecule has 2 aromatic rings. The van der Waals surface area contributed by atoms with Crippen LogP contribution < -0.4 is 5.32 Å². The first-order chi connectivity index (χ1) is 13.0. The van der Waals surface area contributed by atoms with Crippen molar-refractivity contribution in [3.8, 4) is 0 Å². The molecule has 1 aliphatic heterocycles. The van der Waals surface area contributed by atoms with Gasteiger partial charge in [-0.3, -0.25) is 15.0 Å². The topological polar surface area (TPSA) is 35.6 Å². The third-order valence-corrected chi connectivity index (χ3v) is 5.52. The van der Waals surface area contributed by atoms with Crippen LogP contribution in [-0.2, 0) is 11.3 Å². The standard InChI is InChI=1S/C22H28ClN3O/c1-17(20-10-6-7-11-21(20)23)24-18(2)22(27)26-14-12-25(13-15-26)16-19-8-4-3-5-9-19/h3-11,17-18,24H,12-16H2,1-2H3/t17-,18+/m0/s1. The van der Waals surface area contributed by atoms with Crippen molar-refractivity contribution in [2.45, 2.75) is 32.5 Å². The van der Waals surface area contributed by atoms with Crippen molar-refractivity contribution in [1.82, 2.24) is 15.1 Å². The number of nitrogens with one attached hydrogen (secondary N) is 1. The first-order valence-corrected chi connectivity index (χ1v) is 9.98. The van der Waals surface area contributed by atoms with Crippen LogP contribution in [0.5, 0.6) is 0 Å².